The molecule has 1 fully saturated rings. The monoisotopic (exact) mass is 374 g/mol. The molecule has 0 radical (unpaired) electrons. The zero-order valence-electron chi connectivity index (χ0n) is 15.9. The molecule has 0 bridgehead atoms. The Labute approximate surface area is 159 Å². The van der Waals surface area contributed by atoms with E-state index in [1.54, 1.807) is 23.0 Å². The molecule has 2 aromatic rings. The number of nitrogens with zero attached hydrogens (tertiary/aromatic N) is 5. The fourth-order valence-electron chi connectivity index (χ4n) is 3.28. The number of aromatic nitrogens is 3. The summed E-state index contributed by atoms with van der Waals surface area (Å²) in [6, 6.07) is 6.26. The predicted octanol–water partition coefficient (Wildman–Crippen LogP) is 1.39. The summed E-state index contributed by atoms with van der Waals surface area (Å²) in [4.78, 5) is 17.0. The van der Waals surface area contributed by atoms with E-state index in [2.05, 4.69) is 32.5 Å². The number of piperazine rings is 1. The van der Waals surface area contributed by atoms with Crippen molar-refractivity contribution in [1.29, 1.82) is 0 Å². The molecule has 8 heteroatoms. The second kappa shape index (κ2) is 9.05. The van der Waals surface area contributed by atoms with Crippen LogP contribution in [0.3, 0.4) is 0 Å². The van der Waals surface area contributed by atoms with Crippen LogP contribution in [0.1, 0.15) is 35.4 Å². The molecule has 1 aliphatic rings. The molecule has 3 rings (SSSR count). The number of hydrogen-bond donors (Lipinski definition) is 1. The molecule has 7 nitrogen and oxygen atoms in total. The summed E-state index contributed by atoms with van der Waals surface area (Å²) in [5, 5.41) is 11.0. The predicted molar refractivity (Wildman–Crippen MR) is 101 cm³/mol. The van der Waals surface area contributed by atoms with Gasteiger partial charge in [-0.15, -0.1) is 5.10 Å². The highest BCUT2D eigenvalue weighted by molar-refractivity contribution is 5.91. The average molecular weight is 374 g/mol. The van der Waals surface area contributed by atoms with Gasteiger partial charge in [0, 0.05) is 39.3 Å². The molecule has 1 aromatic heterocycles. The number of benzene rings is 1. The second-order valence-corrected chi connectivity index (χ2v) is 6.96. The zero-order chi connectivity index (χ0) is 19.2. The molecule has 0 saturated carbocycles. The van der Waals surface area contributed by atoms with E-state index in [1.807, 2.05) is 6.92 Å². The molecule has 1 N–H and O–H groups in total. The molecule has 1 aliphatic heterocycles. The SMILES string of the molecule is CCC(c1ccc(F)cc1)n1cc(C(=O)NCCN2CCN(C)CC2)nn1. The number of amides is 1. The summed E-state index contributed by atoms with van der Waals surface area (Å²) in [5.41, 5.74) is 1.24. The molecule has 27 heavy (non-hydrogen) atoms. The van der Waals surface area contributed by atoms with Crippen molar-refractivity contribution < 1.29 is 9.18 Å². The minimum absolute atomic E-state index is 0.0787. The van der Waals surface area contributed by atoms with Crippen molar-refractivity contribution in [2.24, 2.45) is 0 Å². The Morgan fingerprint density at radius 3 is 2.59 bits per heavy atom. The van der Waals surface area contributed by atoms with Crippen molar-refractivity contribution in [3.63, 3.8) is 0 Å². The van der Waals surface area contributed by atoms with Gasteiger partial charge in [-0.25, -0.2) is 9.07 Å². The second-order valence-electron chi connectivity index (χ2n) is 6.96. The van der Waals surface area contributed by atoms with E-state index in [4.69, 9.17) is 0 Å². The standard InChI is InChI=1S/C19H27FN6O/c1-3-18(15-4-6-16(20)7-5-15)26-14-17(22-23-26)19(27)21-8-9-25-12-10-24(2)11-13-25/h4-7,14,18H,3,8-13H2,1-2H3,(H,21,27). The van der Waals surface area contributed by atoms with Crippen LogP contribution in [0.25, 0.3) is 0 Å². The number of nitrogens with one attached hydrogen (secondary N) is 1. The molecule has 1 atom stereocenters. The van der Waals surface area contributed by atoms with E-state index in [1.165, 1.54) is 12.1 Å². The first-order valence-corrected chi connectivity index (χ1v) is 9.43. The summed E-state index contributed by atoms with van der Waals surface area (Å²) in [7, 11) is 2.12. The van der Waals surface area contributed by atoms with Crippen molar-refractivity contribution in [2.75, 3.05) is 46.3 Å². The third-order valence-electron chi connectivity index (χ3n) is 5.01. The maximum absolute atomic E-state index is 13.1. The Kier molecular flexibility index (Phi) is 6.52. The van der Waals surface area contributed by atoms with Crippen LogP contribution in [0.15, 0.2) is 30.5 Å². The molecule has 1 unspecified atom stereocenters. The van der Waals surface area contributed by atoms with Crippen LogP contribution in [0.4, 0.5) is 4.39 Å². The van der Waals surface area contributed by atoms with E-state index in [9.17, 15) is 9.18 Å². The molecule has 1 amide bonds. The number of rotatable bonds is 7. The average Bonchev–Trinajstić information content (AvgIpc) is 3.15. The van der Waals surface area contributed by atoms with Gasteiger partial charge in [-0.05, 0) is 31.2 Å². The third kappa shape index (κ3) is 5.11. The van der Waals surface area contributed by atoms with Gasteiger partial charge >= 0.3 is 0 Å². The summed E-state index contributed by atoms with van der Waals surface area (Å²) in [6.07, 6.45) is 2.42. The summed E-state index contributed by atoms with van der Waals surface area (Å²) < 4.78 is 14.8. The summed E-state index contributed by atoms with van der Waals surface area (Å²) >= 11 is 0. The van der Waals surface area contributed by atoms with Gasteiger partial charge in [-0.2, -0.15) is 0 Å². The maximum atomic E-state index is 13.1. The lowest BCUT2D eigenvalue weighted by atomic mass is 10.0. The van der Waals surface area contributed by atoms with E-state index < -0.39 is 0 Å². The van der Waals surface area contributed by atoms with Gasteiger partial charge in [-0.3, -0.25) is 9.69 Å². The maximum Gasteiger partial charge on any atom is 0.273 e. The lowest BCUT2D eigenvalue weighted by Gasteiger charge is -2.32. The van der Waals surface area contributed by atoms with Crippen LogP contribution in [-0.2, 0) is 0 Å². The van der Waals surface area contributed by atoms with Crippen molar-refractivity contribution >= 4 is 5.91 Å². The first-order chi connectivity index (χ1) is 13.1. The topological polar surface area (TPSA) is 66.3 Å². The molecular formula is C19H27FN6O. The molecular weight excluding hydrogens is 347 g/mol. The van der Waals surface area contributed by atoms with Gasteiger partial charge in [0.15, 0.2) is 5.69 Å². The van der Waals surface area contributed by atoms with Crippen LogP contribution in [0.5, 0.6) is 0 Å². The Bertz CT molecular complexity index is 739. The van der Waals surface area contributed by atoms with Gasteiger partial charge in [0.2, 0.25) is 0 Å². The number of carbonyl (C=O) groups excluding carboxylic acids is 1. The van der Waals surface area contributed by atoms with E-state index in [-0.39, 0.29) is 17.8 Å². The van der Waals surface area contributed by atoms with Gasteiger partial charge in [0.05, 0.1) is 12.2 Å². The van der Waals surface area contributed by atoms with Crippen molar-refractivity contribution in [3.8, 4) is 0 Å². The number of carbonyl (C=O) groups is 1. The van der Waals surface area contributed by atoms with Crippen LogP contribution in [-0.4, -0.2) is 77.0 Å². The smallest absolute Gasteiger partial charge is 0.273 e. The van der Waals surface area contributed by atoms with Crippen molar-refractivity contribution in [1.82, 2.24) is 30.1 Å². The van der Waals surface area contributed by atoms with Gasteiger partial charge < -0.3 is 10.2 Å². The first kappa shape index (κ1) is 19.4. The fourth-order valence-corrected chi connectivity index (χ4v) is 3.28. The molecule has 1 saturated heterocycles. The van der Waals surface area contributed by atoms with E-state index in [0.717, 1.165) is 44.7 Å². The van der Waals surface area contributed by atoms with Gasteiger partial charge in [-0.1, -0.05) is 24.3 Å². The first-order valence-electron chi connectivity index (χ1n) is 9.43. The Morgan fingerprint density at radius 1 is 1.22 bits per heavy atom. The summed E-state index contributed by atoms with van der Waals surface area (Å²) in [6.45, 7) is 7.61. The molecule has 2 heterocycles. The highest BCUT2D eigenvalue weighted by atomic mass is 19.1. The van der Waals surface area contributed by atoms with Crippen LogP contribution < -0.4 is 5.32 Å². The highest BCUT2D eigenvalue weighted by Crippen LogP contribution is 2.21. The molecule has 1 aromatic carbocycles. The van der Waals surface area contributed by atoms with Gasteiger partial charge in [0.1, 0.15) is 5.82 Å². The van der Waals surface area contributed by atoms with E-state index >= 15 is 0 Å². The zero-order valence-corrected chi connectivity index (χ0v) is 15.9. The van der Waals surface area contributed by atoms with Crippen LogP contribution >= 0.6 is 0 Å². The Hall–Kier alpha value is -2.32. The van der Waals surface area contributed by atoms with Crippen molar-refractivity contribution in [2.45, 2.75) is 19.4 Å². The molecule has 0 spiro atoms. The lowest BCUT2D eigenvalue weighted by Crippen LogP contribution is -2.46. The lowest BCUT2D eigenvalue weighted by molar-refractivity contribution is 0.0936. The highest BCUT2D eigenvalue weighted by Gasteiger charge is 2.18. The number of likely N-dealkylation sites (N-methyl/N-ethyl adjacent to an activating group) is 1. The minimum atomic E-state index is -0.271. The molecule has 0 aliphatic carbocycles. The van der Waals surface area contributed by atoms with E-state index in [0.29, 0.717) is 12.2 Å². The van der Waals surface area contributed by atoms with Crippen molar-refractivity contribution in [3.05, 3.63) is 47.5 Å². The summed E-state index contributed by atoms with van der Waals surface area (Å²) in [5.74, 6) is -0.489. The molecule has 146 valence electrons. The Morgan fingerprint density at radius 2 is 1.93 bits per heavy atom. The van der Waals surface area contributed by atoms with Crippen LogP contribution in [0, 0.1) is 5.82 Å². The number of hydrogen-bond acceptors (Lipinski definition) is 5. The third-order valence-corrected chi connectivity index (χ3v) is 5.01. The van der Waals surface area contributed by atoms with Gasteiger partial charge in [0.25, 0.3) is 5.91 Å². The Balaban J connectivity index is 1.54. The number of halogens is 1. The quantitative estimate of drug-likeness (QED) is 0.794. The normalized spacial score (nSPS) is 17.0. The largest absolute Gasteiger partial charge is 0.349 e. The fraction of sp³-hybridized carbons (Fsp3) is 0.526. The minimum Gasteiger partial charge on any atom is -0.349 e. The van der Waals surface area contributed by atoms with Crippen LogP contribution in [0.2, 0.25) is 0 Å².